The Morgan fingerprint density at radius 3 is 2.39 bits per heavy atom. The summed E-state index contributed by atoms with van der Waals surface area (Å²) in [7, 11) is 0. The van der Waals surface area contributed by atoms with Gasteiger partial charge in [0.2, 0.25) is 6.41 Å². The van der Waals surface area contributed by atoms with E-state index in [0.717, 1.165) is 30.6 Å². The molecule has 0 saturated heterocycles. The summed E-state index contributed by atoms with van der Waals surface area (Å²) < 4.78 is 11.3. The largest absolute Gasteiger partial charge is 0.490 e. The van der Waals surface area contributed by atoms with Gasteiger partial charge < -0.3 is 20.1 Å². The van der Waals surface area contributed by atoms with Crippen LogP contribution in [0.25, 0.3) is 0 Å². The maximum atomic E-state index is 12.3. The summed E-state index contributed by atoms with van der Waals surface area (Å²) >= 11 is 0. The number of ether oxygens (including phenoxy) is 2. The van der Waals surface area contributed by atoms with Crippen LogP contribution in [-0.4, -0.2) is 37.6 Å². The fourth-order valence-electron chi connectivity index (χ4n) is 2.89. The van der Waals surface area contributed by atoms with Crippen molar-refractivity contribution in [1.29, 1.82) is 5.26 Å². The van der Waals surface area contributed by atoms with Crippen LogP contribution in [0.4, 0.5) is 0 Å². The Kier molecular flexibility index (Phi) is 7.66. The normalized spacial score (nSPS) is 17.7. The third kappa shape index (κ3) is 6.61. The lowest BCUT2D eigenvalue weighted by atomic mass is 10.1. The number of benzene rings is 2. The first-order chi connectivity index (χ1) is 15.2. The first-order valence-electron chi connectivity index (χ1n) is 10.2. The van der Waals surface area contributed by atoms with Gasteiger partial charge in [0.05, 0.1) is 11.6 Å². The fraction of sp³-hybridized carbons (Fsp3) is 0.292. The van der Waals surface area contributed by atoms with Crippen LogP contribution in [0.2, 0.25) is 0 Å². The highest BCUT2D eigenvalue weighted by Gasteiger charge is 2.42. The second-order valence-electron chi connectivity index (χ2n) is 7.20. The van der Waals surface area contributed by atoms with E-state index in [1.54, 1.807) is 12.1 Å². The van der Waals surface area contributed by atoms with Gasteiger partial charge in [0.25, 0.3) is 5.91 Å². The lowest BCUT2D eigenvalue weighted by molar-refractivity contribution is -0.110. The molecule has 0 spiro atoms. The summed E-state index contributed by atoms with van der Waals surface area (Å²) in [4.78, 5) is 22.1. The summed E-state index contributed by atoms with van der Waals surface area (Å²) in [5.74, 6) is 1.31. The van der Waals surface area contributed by atoms with Gasteiger partial charge in [-0.1, -0.05) is 24.3 Å². The van der Waals surface area contributed by atoms with Gasteiger partial charge in [-0.3, -0.25) is 9.59 Å². The molecule has 1 saturated carbocycles. The Morgan fingerprint density at radius 1 is 1.03 bits per heavy atom. The predicted octanol–water partition coefficient (Wildman–Crippen LogP) is 2.78. The highest BCUT2D eigenvalue weighted by atomic mass is 16.5. The molecule has 160 valence electrons. The third-order valence-corrected chi connectivity index (χ3v) is 4.90. The van der Waals surface area contributed by atoms with Crippen LogP contribution in [-0.2, 0) is 11.2 Å². The van der Waals surface area contributed by atoms with Gasteiger partial charge in [-0.15, -0.1) is 0 Å². The van der Waals surface area contributed by atoms with Crippen molar-refractivity contribution >= 4 is 12.3 Å². The molecule has 2 amide bonds. The van der Waals surface area contributed by atoms with E-state index in [9.17, 15) is 9.59 Å². The number of carbonyl (C=O) groups is 2. The number of para-hydroxylation sites is 1. The van der Waals surface area contributed by atoms with E-state index in [0.29, 0.717) is 37.5 Å². The van der Waals surface area contributed by atoms with Crippen LogP contribution >= 0.6 is 0 Å². The first kappa shape index (κ1) is 21.9. The molecule has 5 rings (SSSR count). The molecular formula is C24H25N3O4. The van der Waals surface area contributed by atoms with Crippen LogP contribution in [0.5, 0.6) is 11.5 Å². The minimum absolute atomic E-state index is 0.114. The minimum atomic E-state index is -0.470. The number of fused-ring (bicyclic) bond motifs is 9. The number of amides is 2. The molecule has 2 bridgehead atoms. The maximum absolute atomic E-state index is 12.3. The summed E-state index contributed by atoms with van der Waals surface area (Å²) in [6.07, 6.45) is 6.76. The number of nitriles is 1. The molecule has 2 aromatic rings. The fourth-order valence-corrected chi connectivity index (χ4v) is 2.89. The molecule has 2 heterocycles. The second-order valence-corrected chi connectivity index (χ2v) is 7.20. The zero-order valence-electron chi connectivity index (χ0n) is 17.2. The third-order valence-electron chi connectivity index (χ3n) is 4.90. The van der Waals surface area contributed by atoms with E-state index in [4.69, 9.17) is 14.7 Å². The SMILES string of the molecule is N#CC1(NC=O)CC1.O=C1NCCc2ccc(cc2)OC/C=C/COc2ccccc21. The number of nitrogens with one attached hydrogen (secondary N) is 2. The molecule has 7 nitrogen and oxygen atoms in total. The van der Waals surface area contributed by atoms with Gasteiger partial charge in [0, 0.05) is 6.54 Å². The van der Waals surface area contributed by atoms with Crippen molar-refractivity contribution in [2.75, 3.05) is 19.8 Å². The Hall–Kier alpha value is -3.79. The molecule has 3 aliphatic rings. The smallest absolute Gasteiger partial charge is 0.255 e. The Balaban J connectivity index is 0.000000287. The minimum Gasteiger partial charge on any atom is -0.490 e. The van der Waals surface area contributed by atoms with E-state index in [1.165, 1.54) is 0 Å². The lowest BCUT2D eigenvalue weighted by Gasteiger charge is -2.11. The van der Waals surface area contributed by atoms with E-state index < -0.39 is 5.54 Å². The van der Waals surface area contributed by atoms with Gasteiger partial charge >= 0.3 is 0 Å². The van der Waals surface area contributed by atoms with Crippen LogP contribution in [0.1, 0.15) is 28.8 Å². The first-order valence-corrected chi connectivity index (χ1v) is 10.2. The summed E-state index contributed by atoms with van der Waals surface area (Å²) in [6.45, 7) is 1.46. The molecular weight excluding hydrogens is 394 g/mol. The standard InChI is InChI=1S/C19H19NO3.C5H6N2O/c21-19-17-5-1-2-6-18(17)23-14-4-3-13-22-16-9-7-15(8-10-16)11-12-20-19;6-3-5(1-2-5)7-4-8/h1-10H,11-14H2,(H,20,21);4H,1-2H2,(H,7,8)/b4-3+;. The quantitative estimate of drug-likeness (QED) is 0.576. The summed E-state index contributed by atoms with van der Waals surface area (Å²) in [5.41, 5.74) is 1.24. The zero-order valence-corrected chi connectivity index (χ0v) is 17.2. The molecule has 0 radical (unpaired) electrons. The van der Waals surface area contributed by atoms with Gasteiger partial charge in [-0.25, -0.2) is 0 Å². The molecule has 1 fully saturated rings. The van der Waals surface area contributed by atoms with Crippen molar-refractivity contribution in [2.45, 2.75) is 24.8 Å². The van der Waals surface area contributed by atoms with E-state index >= 15 is 0 Å². The molecule has 0 atom stereocenters. The van der Waals surface area contributed by atoms with Crippen molar-refractivity contribution in [2.24, 2.45) is 0 Å². The Labute approximate surface area is 181 Å². The zero-order chi connectivity index (χ0) is 21.9. The van der Waals surface area contributed by atoms with Crippen molar-refractivity contribution in [3.63, 3.8) is 0 Å². The Bertz CT molecular complexity index is 960. The van der Waals surface area contributed by atoms with Crippen molar-refractivity contribution in [3.05, 3.63) is 71.8 Å². The number of nitrogens with zero attached hydrogens (tertiary/aromatic N) is 1. The summed E-state index contributed by atoms with van der Waals surface area (Å²) in [5, 5.41) is 13.7. The van der Waals surface area contributed by atoms with Crippen LogP contribution in [0.15, 0.2) is 60.7 Å². The highest BCUT2D eigenvalue weighted by molar-refractivity contribution is 5.96. The molecule has 2 aromatic carbocycles. The average molecular weight is 419 g/mol. The summed E-state index contributed by atoms with van der Waals surface area (Å²) in [6, 6.07) is 17.2. The van der Waals surface area contributed by atoms with Gasteiger partial charge in [-0.2, -0.15) is 5.26 Å². The van der Waals surface area contributed by atoms with E-state index in [1.807, 2.05) is 54.6 Å². The number of hydrogen-bond acceptors (Lipinski definition) is 5. The maximum Gasteiger partial charge on any atom is 0.255 e. The highest BCUT2D eigenvalue weighted by Crippen LogP contribution is 2.33. The number of rotatable bonds is 2. The topological polar surface area (TPSA) is 100 Å². The van der Waals surface area contributed by atoms with Crippen LogP contribution in [0.3, 0.4) is 0 Å². The molecule has 0 unspecified atom stereocenters. The molecule has 0 aromatic heterocycles. The van der Waals surface area contributed by atoms with Crippen molar-refractivity contribution in [1.82, 2.24) is 10.6 Å². The van der Waals surface area contributed by atoms with E-state index in [2.05, 4.69) is 10.6 Å². The Morgan fingerprint density at radius 2 is 1.74 bits per heavy atom. The average Bonchev–Trinajstić information content (AvgIpc) is 3.57. The monoisotopic (exact) mass is 419 g/mol. The predicted molar refractivity (Wildman–Crippen MR) is 116 cm³/mol. The van der Waals surface area contributed by atoms with Crippen LogP contribution in [0, 0.1) is 11.3 Å². The van der Waals surface area contributed by atoms with Gasteiger partial charge in [0.1, 0.15) is 30.3 Å². The number of hydrogen-bond donors (Lipinski definition) is 2. The van der Waals surface area contributed by atoms with E-state index in [-0.39, 0.29) is 5.91 Å². The van der Waals surface area contributed by atoms with Crippen molar-refractivity contribution in [3.8, 4) is 17.6 Å². The molecule has 7 heteroatoms. The molecule has 31 heavy (non-hydrogen) atoms. The van der Waals surface area contributed by atoms with Crippen LogP contribution < -0.4 is 20.1 Å². The molecule has 1 aliphatic carbocycles. The number of carbonyl (C=O) groups excluding carboxylic acids is 2. The molecule has 2 aliphatic heterocycles. The lowest BCUT2D eigenvalue weighted by Crippen LogP contribution is -2.27. The van der Waals surface area contributed by atoms with Gasteiger partial charge in [0.15, 0.2) is 0 Å². The van der Waals surface area contributed by atoms with Gasteiger partial charge in [-0.05, 0) is 61.2 Å². The molecule has 2 N–H and O–H groups in total. The second kappa shape index (κ2) is 10.8. The van der Waals surface area contributed by atoms with Crippen molar-refractivity contribution < 1.29 is 19.1 Å².